The van der Waals surface area contributed by atoms with Crippen molar-refractivity contribution in [2.75, 3.05) is 59.0 Å². The van der Waals surface area contributed by atoms with E-state index in [0.717, 1.165) is 13.1 Å². The molecule has 2 saturated heterocycles. The van der Waals surface area contributed by atoms with Crippen LogP contribution in [0.25, 0.3) is 0 Å². The van der Waals surface area contributed by atoms with E-state index >= 15 is 0 Å². The van der Waals surface area contributed by atoms with Gasteiger partial charge in [0.25, 0.3) is 0 Å². The Morgan fingerprint density at radius 1 is 1.20 bits per heavy atom. The Bertz CT molecular complexity index is 632. The molecule has 5 nitrogen and oxygen atoms in total. The molecule has 1 amide bonds. The van der Waals surface area contributed by atoms with Gasteiger partial charge in [0.05, 0.1) is 19.8 Å². The molecule has 6 heteroatoms. The van der Waals surface area contributed by atoms with Gasteiger partial charge in [0.15, 0.2) is 0 Å². The van der Waals surface area contributed by atoms with Gasteiger partial charge in [-0.25, -0.2) is 4.39 Å². The minimum atomic E-state index is -0.459. The Morgan fingerprint density at radius 2 is 1.92 bits per heavy atom. The fourth-order valence-corrected chi connectivity index (χ4v) is 3.45. The zero-order valence-corrected chi connectivity index (χ0v) is 14.4. The Hall–Kier alpha value is -1.94. The van der Waals surface area contributed by atoms with E-state index in [0.29, 0.717) is 51.5 Å². The molecule has 1 aromatic carbocycles. The van der Waals surface area contributed by atoms with Gasteiger partial charge in [-0.3, -0.25) is 14.6 Å². The molecule has 134 valence electrons. The number of morpholine rings is 1. The zero-order chi connectivity index (χ0) is 17.6. The van der Waals surface area contributed by atoms with Crippen LogP contribution < -0.4 is 0 Å². The molecule has 0 N–H and O–H groups in total. The van der Waals surface area contributed by atoms with Gasteiger partial charge in [0, 0.05) is 39.3 Å². The van der Waals surface area contributed by atoms with Crippen LogP contribution in [-0.2, 0) is 9.53 Å². The third-order valence-electron chi connectivity index (χ3n) is 4.81. The largest absolute Gasteiger partial charge is 0.379 e. The summed E-state index contributed by atoms with van der Waals surface area (Å²) in [7, 11) is 0. The van der Waals surface area contributed by atoms with E-state index in [1.807, 2.05) is 11.0 Å². The van der Waals surface area contributed by atoms with Crippen LogP contribution in [0.4, 0.5) is 4.39 Å². The van der Waals surface area contributed by atoms with Crippen LogP contribution in [0.15, 0.2) is 24.3 Å². The highest BCUT2D eigenvalue weighted by Crippen LogP contribution is 2.25. The minimum absolute atomic E-state index is 0.0351. The van der Waals surface area contributed by atoms with Crippen molar-refractivity contribution >= 4 is 5.91 Å². The van der Waals surface area contributed by atoms with Crippen LogP contribution in [0.1, 0.15) is 11.6 Å². The maximum atomic E-state index is 13.7. The van der Waals surface area contributed by atoms with E-state index < -0.39 is 6.04 Å². The van der Waals surface area contributed by atoms with Crippen LogP contribution in [0.2, 0.25) is 0 Å². The predicted octanol–water partition coefficient (Wildman–Crippen LogP) is 0.976. The predicted molar refractivity (Wildman–Crippen MR) is 93.4 cm³/mol. The molecule has 3 rings (SSSR count). The number of carbonyl (C=O) groups is 1. The first kappa shape index (κ1) is 17.9. The van der Waals surface area contributed by atoms with Crippen molar-refractivity contribution in [1.29, 1.82) is 0 Å². The smallest absolute Gasteiger partial charge is 0.244 e. The standard InChI is InChI=1S/C19H24FN3O2/c1-2-6-21-7-9-23(10-8-21)19(24)18(22-11-13-25-14-12-22)16-4-3-5-17(20)15-16/h1,3-5,15,18H,6-14H2/t18-/m1/s1. The second-order valence-electron chi connectivity index (χ2n) is 6.41. The number of piperazine rings is 1. The van der Waals surface area contributed by atoms with Gasteiger partial charge in [-0.15, -0.1) is 6.42 Å². The third kappa shape index (κ3) is 4.37. The molecule has 0 unspecified atom stereocenters. The Balaban J connectivity index is 1.77. The molecular formula is C19H24FN3O2. The molecule has 2 heterocycles. The van der Waals surface area contributed by atoms with E-state index in [-0.39, 0.29) is 11.7 Å². The topological polar surface area (TPSA) is 36.0 Å². The number of benzene rings is 1. The summed E-state index contributed by atoms with van der Waals surface area (Å²) in [5, 5.41) is 0. The molecule has 1 atom stereocenters. The monoisotopic (exact) mass is 345 g/mol. The molecule has 1 aromatic rings. The lowest BCUT2D eigenvalue weighted by Gasteiger charge is -2.40. The summed E-state index contributed by atoms with van der Waals surface area (Å²) in [4.78, 5) is 19.4. The Morgan fingerprint density at radius 3 is 2.56 bits per heavy atom. The van der Waals surface area contributed by atoms with Crippen molar-refractivity contribution < 1.29 is 13.9 Å². The Kier molecular flexibility index (Phi) is 6.03. The maximum absolute atomic E-state index is 13.7. The minimum Gasteiger partial charge on any atom is -0.379 e. The SMILES string of the molecule is C#CCN1CCN(C(=O)[C@@H](c2cccc(F)c2)N2CCOCC2)CC1. The average Bonchev–Trinajstić information content (AvgIpc) is 2.64. The Labute approximate surface area is 148 Å². The quantitative estimate of drug-likeness (QED) is 0.762. The summed E-state index contributed by atoms with van der Waals surface area (Å²) in [5.74, 6) is 2.36. The summed E-state index contributed by atoms with van der Waals surface area (Å²) in [6, 6.07) is 5.90. The summed E-state index contributed by atoms with van der Waals surface area (Å²) >= 11 is 0. The van der Waals surface area contributed by atoms with E-state index in [1.54, 1.807) is 6.07 Å². The van der Waals surface area contributed by atoms with E-state index in [4.69, 9.17) is 11.2 Å². The first-order chi connectivity index (χ1) is 12.2. The van der Waals surface area contributed by atoms with Crippen LogP contribution >= 0.6 is 0 Å². The lowest BCUT2D eigenvalue weighted by Crippen LogP contribution is -2.53. The highest BCUT2D eigenvalue weighted by Gasteiger charge is 2.33. The number of hydrogen-bond acceptors (Lipinski definition) is 4. The molecular weight excluding hydrogens is 321 g/mol. The molecule has 2 aliphatic rings. The van der Waals surface area contributed by atoms with Crippen molar-refractivity contribution in [3.05, 3.63) is 35.6 Å². The van der Waals surface area contributed by atoms with Crippen LogP contribution in [0.5, 0.6) is 0 Å². The number of ether oxygens (including phenoxy) is 1. The molecule has 0 aromatic heterocycles. The maximum Gasteiger partial charge on any atom is 0.244 e. The second-order valence-corrected chi connectivity index (χ2v) is 6.41. The number of halogens is 1. The fourth-order valence-electron chi connectivity index (χ4n) is 3.45. The number of rotatable bonds is 4. The highest BCUT2D eigenvalue weighted by molar-refractivity contribution is 5.83. The van der Waals surface area contributed by atoms with Crippen LogP contribution in [0.3, 0.4) is 0 Å². The fraction of sp³-hybridized carbons (Fsp3) is 0.526. The van der Waals surface area contributed by atoms with Gasteiger partial charge in [0.2, 0.25) is 5.91 Å². The molecule has 2 fully saturated rings. The summed E-state index contributed by atoms with van der Waals surface area (Å²) < 4.78 is 19.2. The number of terminal acetylenes is 1. The van der Waals surface area contributed by atoms with Crippen molar-refractivity contribution in [2.24, 2.45) is 0 Å². The van der Waals surface area contributed by atoms with Gasteiger partial charge in [0.1, 0.15) is 11.9 Å². The van der Waals surface area contributed by atoms with Crippen molar-refractivity contribution in [3.63, 3.8) is 0 Å². The van der Waals surface area contributed by atoms with Crippen LogP contribution in [-0.4, -0.2) is 79.6 Å². The van der Waals surface area contributed by atoms with Gasteiger partial charge in [-0.2, -0.15) is 0 Å². The summed E-state index contributed by atoms with van der Waals surface area (Å²) in [5.41, 5.74) is 0.706. The lowest BCUT2D eigenvalue weighted by atomic mass is 10.0. The normalized spacial score (nSPS) is 20.9. The average molecular weight is 345 g/mol. The lowest BCUT2D eigenvalue weighted by molar-refractivity contribution is -0.140. The van der Waals surface area contributed by atoms with E-state index in [9.17, 15) is 9.18 Å². The number of amides is 1. The first-order valence-corrected chi connectivity index (χ1v) is 8.71. The molecule has 0 bridgehead atoms. The summed E-state index contributed by atoms with van der Waals surface area (Å²) in [6.45, 7) is 5.98. The second kappa shape index (κ2) is 8.43. The molecule has 0 radical (unpaired) electrons. The van der Waals surface area contributed by atoms with Gasteiger partial charge < -0.3 is 9.64 Å². The molecule has 0 saturated carbocycles. The third-order valence-corrected chi connectivity index (χ3v) is 4.81. The molecule has 2 aliphatic heterocycles. The van der Waals surface area contributed by atoms with Gasteiger partial charge >= 0.3 is 0 Å². The molecule has 25 heavy (non-hydrogen) atoms. The molecule has 0 aliphatic carbocycles. The van der Waals surface area contributed by atoms with E-state index in [1.165, 1.54) is 12.1 Å². The highest BCUT2D eigenvalue weighted by atomic mass is 19.1. The zero-order valence-electron chi connectivity index (χ0n) is 14.4. The summed E-state index contributed by atoms with van der Waals surface area (Å²) in [6.07, 6.45) is 5.36. The van der Waals surface area contributed by atoms with E-state index in [2.05, 4.69) is 15.7 Å². The van der Waals surface area contributed by atoms with Crippen molar-refractivity contribution in [2.45, 2.75) is 6.04 Å². The molecule has 0 spiro atoms. The van der Waals surface area contributed by atoms with Crippen molar-refractivity contribution in [1.82, 2.24) is 14.7 Å². The van der Waals surface area contributed by atoms with Gasteiger partial charge in [-0.1, -0.05) is 18.1 Å². The van der Waals surface area contributed by atoms with Crippen molar-refractivity contribution in [3.8, 4) is 12.3 Å². The van der Waals surface area contributed by atoms with Crippen LogP contribution in [0, 0.1) is 18.2 Å². The number of hydrogen-bond donors (Lipinski definition) is 0. The first-order valence-electron chi connectivity index (χ1n) is 8.71. The van der Waals surface area contributed by atoms with Gasteiger partial charge in [-0.05, 0) is 17.7 Å². The number of carbonyl (C=O) groups excluding carboxylic acids is 1. The number of nitrogens with zero attached hydrogens (tertiary/aromatic N) is 3.